The minimum absolute atomic E-state index is 0.366. The Bertz CT molecular complexity index is 1080. The van der Waals surface area contributed by atoms with Crippen LogP contribution in [-0.4, -0.2) is 18.7 Å². The molecule has 7 heteroatoms. The van der Waals surface area contributed by atoms with Gasteiger partial charge in [0.2, 0.25) is 0 Å². The normalized spacial score (nSPS) is 10.8. The quantitative estimate of drug-likeness (QED) is 0.331. The van der Waals surface area contributed by atoms with Crippen LogP contribution >= 0.6 is 23.2 Å². The summed E-state index contributed by atoms with van der Waals surface area (Å²) in [6.45, 7) is 4.68. The van der Waals surface area contributed by atoms with Crippen molar-refractivity contribution < 1.29 is 14.3 Å². The molecule has 5 nitrogen and oxygen atoms in total. The molecule has 0 heterocycles. The third-order valence-corrected chi connectivity index (χ3v) is 4.89. The molecule has 3 rings (SSSR count). The highest BCUT2D eigenvalue weighted by Crippen LogP contribution is 2.29. The Hall–Kier alpha value is -3.02. The summed E-state index contributed by atoms with van der Waals surface area (Å²) in [4.78, 5) is 12.3. The van der Waals surface area contributed by atoms with Gasteiger partial charge in [0, 0.05) is 5.02 Å². The van der Waals surface area contributed by atoms with Crippen molar-refractivity contribution in [3.63, 3.8) is 0 Å². The molecule has 0 bridgehead atoms. The molecule has 3 aromatic rings. The first-order valence-electron chi connectivity index (χ1n) is 9.70. The molecule has 31 heavy (non-hydrogen) atoms. The molecule has 0 aliphatic carbocycles. The van der Waals surface area contributed by atoms with Gasteiger partial charge in [0.05, 0.1) is 23.4 Å². The fourth-order valence-corrected chi connectivity index (χ4v) is 3.21. The monoisotopic (exact) mass is 456 g/mol. The molecule has 0 aromatic heterocycles. The second-order valence-corrected chi connectivity index (χ2v) is 7.58. The van der Waals surface area contributed by atoms with Gasteiger partial charge in [0.15, 0.2) is 11.5 Å². The molecule has 0 unspecified atom stereocenters. The molecule has 0 aliphatic rings. The lowest BCUT2D eigenvalue weighted by molar-refractivity contribution is 0.0955. The van der Waals surface area contributed by atoms with Crippen LogP contribution in [0.1, 0.15) is 34.0 Å². The van der Waals surface area contributed by atoms with Gasteiger partial charge >= 0.3 is 0 Å². The number of nitrogens with one attached hydrogen (secondary N) is 1. The van der Waals surface area contributed by atoms with Gasteiger partial charge in [-0.3, -0.25) is 4.79 Å². The Morgan fingerprint density at radius 2 is 1.77 bits per heavy atom. The summed E-state index contributed by atoms with van der Waals surface area (Å²) in [5, 5.41) is 5.08. The number of ether oxygens (including phenoxy) is 2. The lowest BCUT2D eigenvalue weighted by Crippen LogP contribution is -2.18. The second-order valence-electron chi connectivity index (χ2n) is 6.74. The van der Waals surface area contributed by atoms with Gasteiger partial charge in [-0.1, -0.05) is 41.4 Å². The molecule has 0 fully saturated rings. The van der Waals surface area contributed by atoms with Crippen LogP contribution in [-0.2, 0) is 6.61 Å². The number of carbonyl (C=O) groups is 1. The number of hydrazone groups is 1. The van der Waals surface area contributed by atoms with Gasteiger partial charge in [0.25, 0.3) is 5.91 Å². The summed E-state index contributed by atoms with van der Waals surface area (Å²) >= 11 is 12.0. The van der Waals surface area contributed by atoms with Gasteiger partial charge in [-0.05, 0) is 73.0 Å². The van der Waals surface area contributed by atoms with Crippen molar-refractivity contribution >= 4 is 35.3 Å². The van der Waals surface area contributed by atoms with E-state index < -0.39 is 0 Å². The van der Waals surface area contributed by atoms with Crippen molar-refractivity contribution in [3.05, 3.63) is 93.0 Å². The standard InChI is InChI=1S/C24H22Cl2N2O3/c1-3-30-23-13-18(7-11-22(23)31-15-17-5-8-19(25)9-6-17)14-27-28-24(29)20-10-4-16(2)12-21(20)26/h4-14H,3,15H2,1-2H3,(H,28,29)/b27-14-. The highest BCUT2D eigenvalue weighted by atomic mass is 35.5. The molecule has 0 spiro atoms. The van der Waals surface area contributed by atoms with Crippen LogP contribution in [0, 0.1) is 6.92 Å². The van der Waals surface area contributed by atoms with Crippen LogP contribution in [0.25, 0.3) is 0 Å². The fraction of sp³-hybridized carbons (Fsp3) is 0.167. The fourth-order valence-electron chi connectivity index (χ4n) is 2.76. The zero-order chi connectivity index (χ0) is 22.2. The first kappa shape index (κ1) is 22.7. The minimum Gasteiger partial charge on any atom is -0.490 e. The van der Waals surface area contributed by atoms with E-state index in [1.54, 1.807) is 24.3 Å². The van der Waals surface area contributed by atoms with E-state index in [4.69, 9.17) is 32.7 Å². The number of nitrogens with zero attached hydrogens (tertiary/aromatic N) is 1. The SMILES string of the molecule is CCOc1cc(/C=N\NC(=O)c2ccc(C)cc2Cl)ccc1OCc1ccc(Cl)cc1. The Labute approximate surface area is 191 Å². The number of hydrogen-bond donors (Lipinski definition) is 1. The smallest absolute Gasteiger partial charge is 0.272 e. The number of halogens is 2. The van der Waals surface area contributed by atoms with E-state index in [1.165, 1.54) is 6.21 Å². The molecule has 0 saturated carbocycles. The van der Waals surface area contributed by atoms with Gasteiger partial charge in [-0.15, -0.1) is 0 Å². The third-order valence-electron chi connectivity index (χ3n) is 4.32. The largest absolute Gasteiger partial charge is 0.490 e. The molecule has 0 atom stereocenters. The van der Waals surface area contributed by atoms with E-state index in [0.717, 1.165) is 16.7 Å². The number of aryl methyl sites for hydroxylation is 1. The molecular weight excluding hydrogens is 435 g/mol. The van der Waals surface area contributed by atoms with E-state index in [0.29, 0.717) is 40.3 Å². The van der Waals surface area contributed by atoms with Crippen LogP contribution in [0.4, 0.5) is 0 Å². The maximum absolute atomic E-state index is 12.3. The van der Waals surface area contributed by atoms with Gasteiger partial charge in [0.1, 0.15) is 6.61 Å². The lowest BCUT2D eigenvalue weighted by Gasteiger charge is -2.12. The molecule has 1 amide bonds. The van der Waals surface area contributed by atoms with Crippen LogP contribution in [0.3, 0.4) is 0 Å². The summed E-state index contributed by atoms with van der Waals surface area (Å²) < 4.78 is 11.6. The van der Waals surface area contributed by atoms with Gasteiger partial charge in [-0.25, -0.2) is 5.43 Å². The van der Waals surface area contributed by atoms with Gasteiger partial charge < -0.3 is 9.47 Å². The number of benzene rings is 3. The van der Waals surface area contributed by atoms with Crippen molar-refractivity contribution in [2.24, 2.45) is 5.10 Å². The number of amides is 1. The maximum atomic E-state index is 12.3. The first-order valence-corrected chi connectivity index (χ1v) is 10.5. The molecule has 1 N–H and O–H groups in total. The van der Waals surface area contributed by atoms with Crippen LogP contribution in [0.15, 0.2) is 65.8 Å². The van der Waals surface area contributed by atoms with Crippen LogP contribution in [0.2, 0.25) is 10.0 Å². The highest BCUT2D eigenvalue weighted by Gasteiger charge is 2.10. The lowest BCUT2D eigenvalue weighted by atomic mass is 10.1. The number of hydrogen-bond acceptors (Lipinski definition) is 4. The molecular formula is C24H22Cl2N2O3. The summed E-state index contributed by atoms with van der Waals surface area (Å²) in [5.41, 5.74) is 5.58. The Kier molecular flexibility index (Phi) is 7.93. The van der Waals surface area contributed by atoms with Crippen molar-refractivity contribution in [1.82, 2.24) is 5.43 Å². The minimum atomic E-state index is -0.380. The third kappa shape index (κ3) is 6.48. The molecule has 0 aliphatic heterocycles. The summed E-state index contributed by atoms with van der Waals surface area (Å²) in [6.07, 6.45) is 1.53. The van der Waals surface area contributed by atoms with Crippen LogP contribution in [0.5, 0.6) is 11.5 Å². The average Bonchev–Trinajstić information content (AvgIpc) is 2.74. The number of rotatable bonds is 8. The van der Waals surface area contributed by atoms with Crippen molar-refractivity contribution in [2.75, 3.05) is 6.61 Å². The highest BCUT2D eigenvalue weighted by molar-refractivity contribution is 6.33. The summed E-state index contributed by atoms with van der Waals surface area (Å²) in [5.74, 6) is 0.826. The Morgan fingerprint density at radius 1 is 1.00 bits per heavy atom. The number of carbonyl (C=O) groups excluding carboxylic acids is 1. The van der Waals surface area contributed by atoms with Crippen LogP contribution < -0.4 is 14.9 Å². The first-order chi connectivity index (χ1) is 15.0. The zero-order valence-corrected chi connectivity index (χ0v) is 18.7. The van der Waals surface area contributed by atoms with E-state index >= 15 is 0 Å². The van der Waals surface area contributed by atoms with Crippen molar-refractivity contribution in [2.45, 2.75) is 20.5 Å². The van der Waals surface area contributed by atoms with E-state index in [-0.39, 0.29) is 5.91 Å². The molecule has 0 saturated heterocycles. The average molecular weight is 457 g/mol. The Balaban J connectivity index is 1.66. The van der Waals surface area contributed by atoms with E-state index in [1.807, 2.05) is 50.2 Å². The van der Waals surface area contributed by atoms with Crippen molar-refractivity contribution in [1.29, 1.82) is 0 Å². The molecule has 0 radical (unpaired) electrons. The summed E-state index contributed by atoms with van der Waals surface area (Å²) in [6, 6.07) is 18.1. The predicted octanol–water partition coefficient (Wildman–Crippen LogP) is 6.04. The maximum Gasteiger partial charge on any atom is 0.272 e. The molecule has 160 valence electrons. The van der Waals surface area contributed by atoms with Gasteiger partial charge in [-0.2, -0.15) is 5.10 Å². The second kappa shape index (κ2) is 10.8. The molecule has 3 aromatic carbocycles. The van der Waals surface area contributed by atoms with E-state index in [2.05, 4.69) is 10.5 Å². The van der Waals surface area contributed by atoms with E-state index in [9.17, 15) is 4.79 Å². The van der Waals surface area contributed by atoms with Crippen molar-refractivity contribution in [3.8, 4) is 11.5 Å². The topological polar surface area (TPSA) is 59.9 Å². The Morgan fingerprint density at radius 3 is 2.48 bits per heavy atom. The zero-order valence-electron chi connectivity index (χ0n) is 17.2. The summed E-state index contributed by atoms with van der Waals surface area (Å²) in [7, 11) is 0. The predicted molar refractivity (Wildman–Crippen MR) is 125 cm³/mol.